The molecule has 0 fully saturated rings. The first kappa shape index (κ1) is 10.4. The van der Waals surface area contributed by atoms with Gasteiger partial charge in [-0.3, -0.25) is 4.79 Å². The summed E-state index contributed by atoms with van der Waals surface area (Å²) in [6.45, 7) is 5.22. The van der Waals surface area contributed by atoms with Gasteiger partial charge in [-0.15, -0.1) is 0 Å². The number of nitrogens with one attached hydrogen (secondary N) is 1. The van der Waals surface area contributed by atoms with E-state index in [1.54, 1.807) is 12.3 Å². The smallest absolute Gasteiger partial charge is 0.248 e. The Kier molecular flexibility index (Phi) is 3.36. The normalized spacial score (nSPS) is 11.9. The van der Waals surface area contributed by atoms with Crippen LogP contribution in [0.5, 0.6) is 0 Å². The molecule has 74 valence electrons. The van der Waals surface area contributed by atoms with Gasteiger partial charge in [0.15, 0.2) is 0 Å². The Bertz CT molecular complexity index is 347. The van der Waals surface area contributed by atoms with Gasteiger partial charge in [-0.25, -0.2) is 4.98 Å². The molecule has 1 rings (SSSR count). The first-order valence-electron chi connectivity index (χ1n) is 4.28. The Balaban J connectivity index is 2.83. The summed E-state index contributed by atoms with van der Waals surface area (Å²) in [5, 5.41) is 2.56. The largest absolute Gasteiger partial charge is 0.324 e. The Morgan fingerprint density at radius 1 is 1.79 bits per heavy atom. The zero-order valence-corrected chi connectivity index (χ0v) is 8.03. The SMILES string of the molecule is C=CC(=O)Nc1cc(C(C)N)ccn1. The third-order valence-corrected chi connectivity index (χ3v) is 1.75. The third-order valence-electron chi connectivity index (χ3n) is 1.75. The van der Waals surface area contributed by atoms with Crippen LogP contribution in [0.2, 0.25) is 0 Å². The van der Waals surface area contributed by atoms with Crippen LogP contribution in [0.3, 0.4) is 0 Å². The molecule has 0 aliphatic rings. The predicted molar refractivity (Wildman–Crippen MR) is 55.7 cm³/mol. The molecule has 0 saturated heterocycles. The molecule has 0 spiro atoms. The number of anilines is 1. The van der Waals surface area contributed by atoms with Gasteiger partial charge in [0.2, 0.25) is 5.91 Å². The van der Waals surface area contributed by atoms with Gasteiger partial charge in [0.1, 0.15) is 5.82 Å². The maximum absolute atomic E-state index is 11.0. The zero-order chi connectivity index (χ0) is 10.6. The van der Waals surface area contributed by atoms with Crippen molar-refractivity contribution in [2.45, 2.75) is 13.0 Å². The molecule has 4 heteroatoms. The van der Waals surface area contributed by atoms with Crippen molar-refractivity contribution in [2.24, 2.45) is 5.73 Å². The number of pyridine rings is 1. The Labute approximate surface area is 82.8 Å². The van der Waals surface area contributed by atoms with Crippen LogP contribution in [-0.4, -0.2) is 10.9 Å². The number of nitrogens with two attached hydrogens (primary N) is 1. The summed E-state index contributed by atoms with van der Waals surface area (Å²) in [5.41, 5.74) is 6.62. The fourth-order valence-electron chi connectivity index (χ4n) is 0.976. The Hall–Kier alpha value is -1.68. The van der Waals surface area contributed by atoms with Crippen LogP contribution < -0.4 is 11.1 Å². The van der Waals surface area contributed by atoms with E-state index in [2.05, 4.69) is 16.9 Å². The summed E-state index contributed by atoms with van der Waals surface area (Å²) in [6, 6.07) is 3.48. The highest BCUT2D eigenvalue weighted by Crippen LogP contribution is 2.12. The molecule has 1 heterocycles. The lowest BCUT2D eigenvalue weighted by Crippen LogP contribution is -2.10. The first-order chi connectivity index (χ1) is 6.63. The van der Waals surface area contributed by atoms with Gasteiger partial charge in [-0.1, -0.05) is 6.58 Å². The molecule has 1 unspecified atom stereocenters. The van der Waals surface area contributed by atoms with E-state index in [9.17, 15) is 4.79 Å². The van der Waals surface area contributed by atoms with Gasteiger partial charge < -0.3 is 11.1 Å². The van der Waals surface area contributed by atoms with Crippen LogP contribution >= 0.6 is 0 Å². The molecule has 0 radical (unpaired) electrons. The molecule has 0 aliphatic carbocycles. The fourth-order valence-corrected chi connectivity index (χ4v) is 0.976. The summed E-state index contributed by atoms with van der Waals surface area (Å²) in [4.78, 5) is 14.9. The number of carbonyl (C=O) groups excluding carboxylic acids is 1. The number of aromatic nitrogens is 1. The first-order valence-corrected chi connectivity index (χ1v) is 4.28. The standard InChI is InChI=1S/C10H13N3O/c1-3-10(14)13-9-6-8(7(2)11)4-5-12-9/h3-7H,1,11H2,2H3,(H,12,13,14). The van der Waals surface area contributed by atoms with E-state index in [1.807, 2.05) is 13.0 Å². The van der Waals surface area contributed by atoms with Crippen LogP contribution in [0.25, 0.3) is 0 Å². The molecular formula is C10H13N3O. The molecule has 1 amide bonds. The number of amides is 1. The number of nitrogens with zero attached hydrogens (tertiary/aromatic N) is 1. The molecule has 0 saturated carbocycles. The monoisotopic (exact) mass is 191 g/mol. The summed E-state index contributed by atoms with van der Waals surface area (Å²) in [6.07, 6.45) is 2.80. The lowest BCUT2D eigenvalue weighted by Gasteiger charge is -2.07. The zero-order valence-electron chi connectivity index (χ0n) is 8.03. The molecule has 14 heavy (non-hydrogen) atoms. The molecular weight excluding hydrogens is 178 g/mol. The maximum atomic E-state index is 11.0. The second-order valence-corrected chi connectivity index (χ2v) is 2.96. The summed E-state index contributed by atoms with van der Waals surface area (Å²) >= 11 is 0. The minimum absolute atomic E-state index is 0.0719. The van der Waals surface area contributed by atoms with Gasteiger partial charge in [-0.05, 0) is 30.7 Å². The molecule has 1 aromatic rings. The molecule has 1 aromatic heterocycles. The molecule has 4 nitrogen and oxygen atoms in total. The summed E-state index contributed by atoms with van der Waals surface area (Å²) in [7, 11) is 0. The lowest BCUT2D eigenvalue weighted by atomic mass is 10.1. The number of carbonyl (C=O) groups is 1. The van der Waals surface area contributed by atoms with Crippen molar-refractivity contribution in [3.63, 3.8) is 0 Å². The third kappa shape index (κ3) is 2.67. The molecule has 0 bridgehead atoms. The quantitative estimate of drug-likeness (QED) is 0.706. The number of hydrogen-bond acceptors (Lipinski definition) is 3. The van der Waals surface area contributed by atoms with Crippen molar-refractivity contribution in [1.29, 1.82) is 0 Å². The van der Waals surface area contributed by atoms with Crippen LogP contribution in [-0.2, 0) is 4.79 Å². The van der Waals surface area contributed by atoms with Crippen molar-refractivity contribution in [2.75, 3.05) is 5.32 Å². The maximum Gasteiger partial charge on any atom is 0.248 e. The van der Waals surface area contributed by atoms with E-state index in [-0.39, 0.29) is 11.9 Å². The topological polar surface area (TPSA) is 68.0 Å². The minimum atomic E-state index is -0.278. The minimum Gasteiger partial charge on any atom is -0.324 e. The van der Waals surface area contributed by atoms with Gasteiger partial charge in [0.25, 0.3) is 0 Å². The van der Waals surface area contributed by atoms with Gasteiger partial charge in [0, 0.05) is 12.2 Å². The van der Waals surface area contributed by atoms with Gasteiger partial charge in [0.05, 0.1) is 0 Å². The van der Waals surface area contributed by atoms with E-state index in [4.69, 9.17) is 5.73 Å². The van der Waals surface area contributed by atoms with Crippen LogP contribution in [0.1, 0.15) is 18.5 Å². The van der Waals surface area contributed by atoms with Crippen molar-refractivity contribution >= 4 is 11.7 Å². The van der Waals surface area contributed by atoms with Crippen molar-refractivity contribution in [1.82, 2.24) is 4.98 Å². The highest BCUT2D eigenvalue weighted by Gasteiger charge is 2.02. The highest BCUT2D eigenvalue weighted by molar-refractivity contribution is 5.98. The van der Waals surface area contributed by atoms with Crippen molar-refractivity contribution < 1.29 is 4.79 Å². The second kappa shape index (κ2) is 4.53. The molecule has 0 aromatic carbocycles. The predicted octanol–water partition coefficient (Wildman–Crippen LogP) is 1.23. The van der Waals surface area contributed by atoms with Crippen molar-refractivity contribution in [3.8, 4) is 0 Å². The average Bonchev–Trinajstić information content (AvgIpc) is 2.18. The average molecular weight is 191 g/mol. The summed E-state index contributed by atoms with van der Waals surface area (Å²) < 4.78 is 0. The van der Waals surface area contributed by atoms with Crippen LogP contribution in [0.4, 0.5) is 5.82 Å². The van der Waals surface area contributed by atoms with Crippen molar-refractivity contribution in [3.05, 3.63) is 36.5 Å². The van der Waals surface area contributed by atoms with Crippen LogP contribution in [0.15, 0.2) is 31.0 Å². The van der Waals surface area contributed by atoms with E-state index < -0.39 is 0 Å². The van der Waals surface area contributed by atoms with Crippen LogP contribution in [0, 0.1) is 0 Å². The van der Waals surface area contributed by atoms with Gasteiger partial charge in [-0.2, -0.15) is 0 Å². The fraction of sp³-hybridized carbons (Fsp3) is 0.200. The van der Waals surface area contributed by atoms with E-state index in [0.717, 1.165) is 5.56 Å². The summed E-state index contributed by atoms with van der Waals surface area (Å²) in [5.74, 6) is 0.212. The van der Waals surface area contributed by atoms with E-state index >= 15 is 0 Å². The molecule has 3 N–H and O–H groups in total. The van der Waals surface area contributed by atoms with E-state index in [1.165, 1.54) is 6.08 Å². The highest BCUT2D eigenvalue weighted by atomic mass is 16.1. The Morgan fingerprint density at radius 3 is 3.07 bits per heavy atom. The second-order valence-electron chi connectivity index (χ2n) is 2.96. The molecule has 0 aliphatic heterocycles. The number of hydrogen-bond donors (Lipinski definition) is 2. The van der Waals surface area contributed by atoms with Gasteiger partial charge >= 0.3 is 0 Å². The number of rotatable bonds is 3. The molecule has 1 atom stereocenters. The lowest BCUT2D eigenvalue weighted by molar-refractivity contribution is -0.111. The Morgan fingerprint density at radius 2 is 2.50 bits per heavy atom. The van der Waals surface area contributed by atoms with E-state index in [0.29, 0.717) is 5.82 Å².